The summed E-state index contributed by atoms with van der Waals surface area (Å²) in [6.07, 6.45) is -1.95. The van der Waals surface area contributed by atoms with Gasteiger partial charge in [-0.2, -0.15) is 15.2 Å². The maximum atomic E-state index is 11.8. The standard InChI is InChI=1S/C11H14N6O10/c1-6(7(20)14-12-4-18)24-25-10(23)17-15-8(21)11(2,3)27-26-9(22)16-13-5-19/h6H,1-3H3,(H,14,20)(H,15,21)(H,16,22)(H,17,23). The molecule has 0 rings (SSSR count). The van der Waals surface area contributed by atoms with Gasteiger partial charge in [-0.15, -0.1) is 0 Å². The van der Waals surface area contributed by atoms with Gasteiger partial charge in [0.1, 0.15) is 0 Å². The Bertz CT molecular complexity index is 667. The van der Waals surface area contributed by atoms with E-state index in [1.807, 2.05) is 5.43 Å². The van der Waals surface area contributed by atoms with Crippen LogP contribution < -0.4 is 21.7 Å². The van der Waals surface area contributed by atoms with Crippen LogP contribution in [0.25, 0.3) is 0 Å². The van der Waals surface area contributed by atoms with Crippen LogP contribution in [0, 0.1) is 0 Å². The third-order valence-corrected chi connectivity index (χ3v) is 2.19. The maximum Gasteiger partial charge on any atom is 0.459 e. The molecule has 0 heterocycles. The van der Waals surface area contributed by atoms with Gasteiger partial charge in [0.2, 0.25) is 0 Å². The first-order chi connectivity index (χ1) is 12.6. The molecule has 0 aromatic carbocycles. The van der Waals surface area contributed by atoms with E-state index < -0.39 is 35.7 Å². The van der Waals surface area contributed by atoms with Crippen molar-refractivity contribution in [3.8, 4) is 0 Å². The molecule has 1 unspecified atom stereocenters. The van der Waals surface area contributed by atoms with Crippen LogP contribution in [0.15, 0.2) is 10.2 Å². The molecule has 0 aromatic rings. The third kappa shape index (κ3) is 9.90. The topological polar surface area (TPSA) is 212 Å². The van der Waals surface area contributed by atoms with Gasteiger partial charge in [-0.3, -0.25) is 24.8 Å². The summed E-state index contributed by atoms with van der Waals surface area (Å²) >= 11 is 0. The summed E-state index contributed by atoms with van der Waals surface area (Å²) in [6, 6.07) is 0. The molecule has 16 nitrogen and oxygen atoms in total. The quantitative estimate of drug-likeness (QED) is 0.157. The largest absolute Gasteiger partial charge is 0.459 e. The van der Waals surface area contributed by atoms with Crippen molar-refractivity contribution in [1.29, 1.82) is 0 Å². The average molecular weight is 390 g/mol. The molecule has 4 amide bonds. The zero-order chi connectivity index (χ0) is 20.9. The number of nitrogens with one attached hydrogen (secondary N) is 4. The molecule has 16 heteroatoms. The zero-order valence-corrected chi connectivity index (χ0v) is 14.1. The van der Waals surface area contributed by atoms with E-state index in [0.717, 1.165) is 32.9 Å². The molecule has 4 N–H and O–H groups in total. The number of hydrazine groups is 1. The van der Waals surface area contributed by atoms with Crippen LogP contribution in [-0.2, 0) is 38.7 Å². The second kappa shape index (κ2) is 11.7. The highest BCUT2D eigenvalue weighted by Crippen LogP contribution is 2.09. The monoisotopic (exact) mass is 390 g/mol. The van der Waals surface area contributed by atoms with Crippen LogP contribution in [-0.4, -0.2) is 47.9 Å². The van der Waals surface area contributed by atoms with Gasteiger partial charge in [-0.1, -0.05) is 10.2 Å². The smallest absolute Gasteiger partial charge is 0.273 e. The lowest BCUT2D eigenvalue weighted by Gasteiger charge is -2.21. The SMILES string of the molecule is CC(OOC(=O)NNC(=O)C(C)(C)OOC(=O)NN=C=O)C(=O)NN=C=O. The van der Waals surface area contributed by atoms with Crippen molar-refractivity contribution in [3.05, 3.63) is 0 Å². The molecular formula is C11H14N6O10. The molecule has 0 spiro atoms. The number of hydrogen-bond acceptors (Lipinski definition) is 12. The van der Waals surface area contributed by atoms with Gasteiger partial charge >= 0.3 is 12.2 Å². The molecular weight excluding hydrogens is 376 g/mol. The third-order valence-electron chi connectivity index (χ3n) is 2.19. The van der Waals surface area contributed by atoms with E-state index in [0.29, 0.717) is 0 Å². The molecule has 0 fully saturated rings. The van der Waals surface area contributed by atoms with Gasteiger partial charge in [0.25, 0.3) is 24.0 Å². The fourth-order valence-electron chi connectivity index (χ4n) is 0.874. The number of carbonyl (C=O) groups excluding carboxylic acids is 6. The van der Waals surface area contributed by atoms with Crippen LogP contribution in [0.5, 0.6) is 0 Å². The van der Waals surface area contributed by atoms with E-state index in [1.165, 1.54) is 0 Å². The highest BCUT2D eigenvalue weighted by Gasteiger charge is 2.32. The van der Waals surface area contributed by atoms with Gasteiger partial charge in [-0.05, 0) is 20.8 Å². The van der Waals surface area contributed by atoms with Gasteiger partial charge in [0.05, 0.1) is 0 Å². The van der Waals surface area contributed by atoms with E-state index in [-0.39, 0.29) is 0 Å². The van der Waals surface area contributed by atoms with Crippen molar-refractivity contribution >= 4 is 36.2 Å². The van der Waals surface area contributed by atoms with Crippen molar-refractivity contribution in [1.82, 2.24) is 21.7 Å². The first-order valence-electron chi connectivity index (χ1n) is 6.67. The molecule has 0 bridgehead atoms. The van der Waals surface area contributed by atoms with Gasteiger partial charge in [0, 0.05) is 0 Å². The molecule has 0 aromatic heterocycles. The van der Waals surface area contributed by atoms with Crippen LogP contribution in [0.4, 0.5) is 9.59 Å². The van der Waals surface area contributed by atoms with Crippen molar-refractivity contribution in [2.45, 2.75) is 32.5 Å². The molecule has 0 aliphatic heterocycles. The summed E-state index contributed by atoms with van der Waals surface area (Å²) < 4.78 is 0. The fraction of sp³-hybridized carbons (Fsp3) is 0.455. The summed E-state index contributed by atoms with van der Waals surface area (Å²) in [5.74, 6) is -1.92. The summed E-state index contributed by atoms with van der Waals surface area (Å²) in [4.78, 5) is 82.1. The van der Waals surface area contributed by atoms with Crippen molar-refractivity contribution in [2.24, 2.45) is 10.2 Å². The van der Waals surface area contributed by atoms with E-state index in [9.17, 15) is 28.8 Å². The number of hydrazone groups is 2. The lowest BCUT2D eigenvalue weighted by atomic mass is 10.1. The minimum atomic E-state index is -1.80. The molecule has 27 heavy (non-hydrogen) atoms. The van der Waals surface area contributed by atoms with Gasteiger partial charge in [0.15, 0.2) is 11.7 Å². The maximum absolute atomic E-state index is 11.8. The average Bonchev–Trinajstić information content (AvgIpc) is 2.64. The van der Waals surface area contributed by atoms with Crippen LogP contribution in [0.1, 0.15) is 20.8 Å². The highest BCUT2D eigenvalue weighted by atomic mass is 17.2. The zero-order valence-electron chi connectivity index (χ0n) is 14.1. The molecule has 0 aliphatic rings. The normalized spacial score (nSPS) is 10.8. The Kier molecular flexibility index (Phi) is 10.0. The minimum Gasteiger partial charge on any atom is -0.273 e. The summed E-state index contributed by atoms with van der Waals surface area (Å²) in [5, 5.41) is 5.46. The first-order valence-corrected chi connectivity index (χ1v) is 6.67. The predicted molar refractivity (Wildman–Crippen MR) is 77.5 cm³/mol. The molecule has 1 atom stereocenters. The van der Waals surface area contributed by atoms with E-state index in [4.69, 9.17) is 0 Å². The Hall–Kier alpha value is -3.84. The second-order valence-electron chi connectivity index (χ2n) is 4.65. The number of nitrogens with zero attached hydrogens (tertiary/aromatic N) is 2. The number of amides is 4. The molecule has 0 radical (unpaired) electrons. The lowest BCUT2D eigenvalue weighted by Crippen LogP contribution is -2.52. The number of carbonyl (C=O) groups is 4. The Morgan fingerprint density at radius 1 is 0.926 bits per heavy atom. The summed E-state index contributed by atoms with van der Waals surface area (Å²) in [6.45, 7) is 3.47. The van der Waals surface area contributed by atoms with Gasteiger partial charge < -0.3 is 0 Å². The Balaban J connectivity index is 4.28. The lowest BCUT2D eigenvalue weighted by molar-refractivity contribution is -0.296. The fourth-order valence-corrected chi connectivity index (χ4v) is 0.874. The molecule has 148 valence electrons. The van der Waals surface area contributed by atoms with Gasteiger partial charge in [-0.25, -0.2) is 30.0 Å². The van der Waals surface area contributed by atoms with Crippen LogP contribution in [0.2, 0.25) is 0 Å². The molecule has 0 saturated heterocycles. The van der Waals surface area contributed by atoms with E-state index >= 15 is 0 Å². The van der Waals surface area contributed by atoms with Crippen molar-refractivity contribution in [3.63, 3.8) is 0 Å². The summed E-state index contributed by atoms with van der Waals surface area (Å²) in [7, 11) is 0. The Morgan fingerprint density at radius 3 is 2.11 bits per heavy atom. The Labute approximate surface area is 150 Å². The number of isocyanates is 2. The number of hydrogen-bond donors (Lipinski definition) is 4. The summed E-state index contributed by atoms with van der Waals surface area (Å²) in [5.41, 5.74) is 5.07. The van der Waals surface area contributed by atoms with Crippen LogP contribution in [0.3, 0.4) is 0 Å². The highest BCUT2D eigenvalue weighted by molar-refractivity contribution is 5.85. The molecule has 0 saturated carbocycles. The van der Waals surface area contributed by atoms with Crippen LogP contribution >= 0.6 is 0 Å². The Morgan fingerprint density at radius 2 is 1.52 bits per heavy atom. The molecule has 0 aliphatic carbocycles. The second-order valence-corrected chi connectivity index (χ2v) is 4.65. The first kappa shape index (κ1) is 23.2. The van der Waals surface area contributed by atoms with Crippen molar-refractivity contribution < 1.29 is 48.3 Å². The predicted octanol–water partition coefficient (Wildman–Crippen LogP) is -1.88. The minimum absolute atomic E-state index is 0.918. The van der Waals surface area contributed by atoms with E-state index in [1.54, 1.807) is 16.3 Å². The number of rotatable bonds is 8. The van der Waals surface area contributed by atoms with Crippen molar-refractivity contribution in [2.75, 3.05) is 0 Å². The van der Waals surface area contributed by atoms with E-state index in [2.05, 4.69) is 29.8 Å².